The maximum absolute atomic E-state index is 5.56. The van der Waals surface area contributed by atoms with E-state index >= 15 is 0 Å². The standard InChI is InChI=1S/C6H10ClN3S/c1-5(2-3-7)10-6-8-4-9-11-6/h4-5H,2-3H2,1H3,(H,8,9,10). The van der Waals surface area contributed by atoms with E-state index in [0.717, 1.165) is 11.6 Å². The molecule has 0 saturated carbocycles. The first kappa shape index (κ1) is 8.74. The summed E-state index contributed by atoms with van der Waals surface area (Å²) in [5.41, 5.74) is 0. The molecule has 11 heavy (non-hydrogen) atoms. The van der Waals surface area contributed by atoms with E-state index in [0.29, 0.717) is 11.9 Å². The third-order valence-corrected chi connectivity index (χ3v) is 2.09. The van der Waals surface area contributed by atoms with Gasteiger partial charge in [-0.05, 0) is 13.3 Å². The molecule has 0 aliphatic heterocycles. The van der Waals surface area contributed by atoms with E-state index in [2.05, 4.69) is 21.6 Å². The van der Waals surface area contributed by atoms with E-state index in [1.807, 2.05) is 0 Å². The first-order valence-electron chi connectivity index (χ1n) is 3.42. The van der Waals surface area contributed by atoms with Crippen LogP contribution in [0.15, 0.2) is 6.33 Å². The zero-order valence-corrected chi connectivity index (χ0v) is 7.82. The van der Waals surface area contributed by atoms with Crippen molar-refractivity contribution in [3.63, 3.8) is 0 Å². The maximum atomic E-state index is 5.56. The van der Waals surface area contributed by atoms with Crippen molar-refractivity contribution in [2.75, 3.05) is 11.2 Å². The predicted octanol–water partition coefficient (Wildman–Crippen LogP) is 1.97. The van der Waals surface area contributed by atoms with Gasteiger partial charge in [0.25, 0.3) is 0 Å². The second kappa shape index (κ2) is 4.51. The van der Waals surface area contributed by atoms with Gasteiger partial charge in [0, 0.05) is 23.5 Å². The van der Waals surface area contributed by atoms with Gasteiger partial charge in [-0.2, -0.15) is 4.37 Å². The molecule has 62 valence electrons. The molecule has 0 aliphatic rings. The molecule has 0 bridgehead atoms. The number of nitrogens with zero attached hydrogens (tertiary/aromatic N) is 2. The summed E-state index contributed by atoms with van der Waals surface area (Å²) in [7, 11) is 0. The first-order chi connectivity index (χ1) is 5.33. The van der Waals surface area contributed by atoms with Gasteiger partial charge in [0.1, 0.15) is 6.33 Å². The van der Waals surface area contributed by atoms with Crippen LogP contribution in [0, 0.1) is 0 Å². The number of hydrogen-bond acceptors (Lipinski definition) is 4. The van der Waals surface area contributed by atoms with E-state index < -0.39 is 0 Å². The molecule has 1 aromatic rings. The lowest BCUT2D eigenvalue weighted by Gasteiger charge is -2.09. The van der Waals surface area contributed by atoms with Crippen LogP contribution in [0.2, 0.25) is 0 Å². The number of hydrogen-bond donors (Lipinski definition) is 1. The number of aromatic nitrogens is 2. The van der Waals surface area contributed by atoms with Crippen molar-refractivity contribution in [2.24, 2.45) is 0 Å². The summed E-state index contributed by atoms with van der Waals surface area (Å²) in [4.78, 5) is 3.99. The van der Waals surface area contributed by atoms with Crippen LogP contribution in [0.3, 0.4) is 0 Å². The van der Waals surface area contributed by atoms with Crippen LogP contribution in [0.4, 0.5) is 5.13 Å². The van der Waals surface area contributed by atoms with Gasteiger partial charge in [-0.25, -0.2) is 4.98 Å². The molecule has 0 fully saturated rings. The second-order valence-electron chi connectivity index (χ2n) is 2.27. The fourth-order valence-electron chi connectivity index (χ4n) is 0.683. The van der Waals surface area contributed by atoms with Gasteiger partial charge in [-0.3, -0.25) is 0 Å². The first-order valence-corrected chi connectivity index (χ1v) is 4.73. The molecule has 1 heterocycles. The Morgan fingerprint density at radius 1 is 1.82 bits per heavy atom. The minimum absolute atomic E-state index is 0.375. The molecule has 0 aliphatic carbocycles. The Bertz CT molecular complexity index is 190. The largest absolute Gasteiger partial charge is 0.358 e. The molecule has 1 rings (SSSR count). The highest BCUT2D eigenvalue weighted by Gasteiger charge is 2.01. The third-order valence-electron chi connectivity index (χ3n) is 1.27. The van der Waals surface area contributed by atoms with Gasteiger partial charge < -0.3 is 5.32 Å². The minimum Gasteiger partial charge on any atom is -0.358 e. The molecule has 3 nitrogen and oxygen atoms in total. The van der Waals surface area contributed by atoms with Crippen LogP contribution in [0.1, 0.15) is 13.3 Å². The quantitative estimate of drug-likeness (QED) is 0.740. The Hall–Kier alpha value is -0.350. The summed E-state index contributed by atoms with van der Waals surface area (Å²) in [5, 5.41) is 4.05. The SMILES string of the molecule is CC(CCCl)Nc1ncns1. The average molecular weight is 192 g/mol. The highest BCUT2D eigenvalue weighted by Crippen LogP contribution is 2.09. The molecule has 5 heteroatoms. The van der Waals surface area contributed by atoms with Crippen LogP contribution < -0.4 is 5.32 Å². The smallest absolute Gasteiger partial charge is 0.202 e. The Morgan fingerprint density at radius 3 is 3.18 bits per heavy atom. The molecule has 0 amide bonds. The Morgan fingerprint density at radius 2 is 2.64 bits per heavy atom. The van der Waals surface area contributed by atoms with Gasteiger partial charge in [0.2, 0.25) is 5.13 Å². The number of nitrogens with one attached hydrogen (secondary N) is 1. The van der Waals surface area contributed by atoms with Gasteiger partial charge in [-0.15, -0.1) is 11.6 Å². The fraction of sp³-hybridized carbons (Fsp3) is 0.667. The van der Waals surface area contributed by atoms with E-state index in [9.17, 15) is 0 Å². The van der Waals surface area contributed by atoms with E-state index in [4.69, 9.17) is 11.6 Å². The van der Waals surface area contributed by atoms with Crippen molar-refractivity contribution in [3.05, 3.63) is 6.33 Å². The molecule has 0 spiro atoms. The maximum Gasteiger partial charge on any atom is 0.202 e. The molecular weight excluding hydrogens is 182 g/mol. The highest BCUT2D eigenvalue weighted by molar-refractivity contribution is 7.09. The van der Waals surface area contributed by atoms with Crippen molar-refractivity contribution in [1.29, 1.82) is 0 Å². The summed E-state index contributed by atoms with van der Waals surface area (Å²) < 4.78 is 3.87. The van der Waals surface area contributed by atoms with Gasteiger partial charge in [0.15, 0.2) is 0 Å². The lowest BCUT2D eigenvalue weighted by atomic mass is 10.3. The summed E-state index contributed by atoms with van der Waals surface area (Å²) >= 11 is 6.93. The van der Waals surface area contributed by atoms with Crippen LogP contribution in [0.5, 0.6) is 0 Å². The van der Waals surface area contributed by atoms with Crippen molar-refractivity contribution in [3.8, 4) is 0 Å². The summed E-state index contributed by atoms with van der Waals surface area (Å²) in [6, 6.07) is 0.375. The van der Waals surface area contributed by atoms with Crippen molar-refractivity contribution in [1.82, 2.24) is 9.36 Å². The number of halogens is 1. The Kier molecular flexibility index (Phi) is 3.59. The molecule has 0 radical (unpaired) electrons. The summed E-state index contributed by atoms with van der Waals surface area (Å²) in [6.45, 7) is 2.07. The molecule has 1 atom stereocenters. The zero-order valence-electron chi connectivity index (χ0n) is 6.25. The molecular formula is C6H10ClN3S. The van der Waals surface area contributed by atoms with Gasteiger partial charge >= 0.3 is 0 Å². The van der Waals surface area contributed by atoms with Crippen molar-refractivity contribution >= 4 is 28.3 Å². The monoisotopic (exact) mass is 191 g/mol. The van der Waals surface area contributed by atoms with Crippen molar-refractivity contribution in [2.45, 2.75) is 19.4 Å². The number of anilines is 1. The predicted molar refractivity (Wildman–Crippen MR) is 48.3 cm³/mol. The number of alkyl halides is 1. The number of rotatable bonds is 4. The third kappa shape index (κ3) is 3.03. The van der Waals surface area contributed by atoms with Crippen LogP contribution >= 0.6 is 23.1 Å². The van der Waals surface area contributed by atoms with Crippen LogP contribution in [-0.2, 0) is 0 Å². The molecule has 1 N–H and O–H groups in total. The van der Waals surface area contributed by atoms with Crippen molar-refractivity contribution < 1.29 is 0 Å². The normalized spacial score (nSPS) is 12.9. The summed E-state index contributed by atoms with van der Waals surface area (Å²) in [6.07, 6.45) is 2.49. The van der Waals surface area contributed by atoms with Gasteiger partial charge in [0.05, 0.1) is 0 Å². The van der Waals surface area contributed by atoms with Gasteiger partial charge in [-0.1, -0.05) is 0 Å². The van der Waals surface area contributed by atoms with Crippen LogP contribution in [-0.4, -0.2) is 21.3 Å². The highest BCUT2D eigenvalue weighted by atomic mass is 35.5. The molecule has 0 aromatic carbocycles. The van der Waals surface area contributed by atoms with Crippen LogP contribution in [0.25, 0.3) is 0 Å². The van der Waals surface area contributed by atoms with E-state index in [1.54, 1.807) is 6.33 Å². The minimum atomic E-state index is 0.375. The average Bonchev–Trinajstić information content (AvgIpc) is 2.40. The molecule has 1 aromatic heterocycles. The summed E-state index contributed by atoms with van der Waals surface area (Å²) in [5.74, 6) is 0.674. The zero-order chi connectivity index (χ0) is 8.10. The molecule has 1 unspecified atom stereocenters. The lowest BCUT2D eigenvalue weighted by Crippen LogP contribution is -2.14. The van der Waals surface area contributed by atoms with E-state index in [1.165, 1.54) is 11.5 Å². The molecule has 0 saturated heterocycles. The topological polar surface area (TPSA) is 37.8 Å². The second-order valence-corrected chi connectivity index (χ2v) is 3.43. The van der Waals surface area contributed by atoms with E-state index in [-0.39, 0.29) is 0 Å². The Labute approximate surface area is 75.0 Å². The lowest BCUT2D eigenvalue weighted by molar-refractivity contribution is 0.767. The Balaban J connectivity index is 2.31. The fourth-order valence-corrected chi connectivity index (χ4v) is 1.55.